The van der Waals surface area contributed by atoms with Crippen LogP contribution in [0.4, 0.5) is 5.00 Å². The summed E-state index contributed by atoms with van der Waals surface area (Å²) in [5.41, 5.74) is 0. The van der Waals surface area contributed by atoms with Crippen molar-refractivity contribution in [2.24, 2.45) is 0 Å². The van der Waals surface area contributed by atoms with Gasteiger partial charge in [0.05, 0.1) is 4.92 Å². The first-order valence-electron chi connectivity index (χ1n) is 2.43. The number of nitrogens with zero attached hydrogens (tertiary/aromatic N) is 1. The molecule has 1 atom stereocenters. The zero-order valence-electron chi connectivity index (χ0n) is 6.05. The quantitative estimate of drug-likeness (QED) is 0.245. The van der Waals surface area contributed by atoms with Crippen molar-refractivity contribution in [1.82, 2.24) is 0 Å². The number of hydrogen-bond donors (Lipinski definition) is 0. The molecule has 1 unspecified atom stereocenters. The van der Waals surface area contributed by atoms with Crippen molar-refractivity contribution < 1.29 is 43.2 Å². The van der Waals surface area contributed by atoms with Crippen LogP contribution in [0.15, 0.2) is 16.3 Å². The number of rotatable bonds is 2. The van der Waals surface area contributed by atoms with Gasteiger partial charge in [0.2, 0.25) is 0 Å². The van der Waals surface area contributed by atoms with Crippen molar-refractivity contribution in [3.8, 4) is 0 Å². The minimum Gasteiger partial charge on any atom is -0.768 e. The molecule has 0 aliphatic carbocycles. The van der Waals surface area contributed by atoms with Gasteiger partial charge in [0.25, 0.3) is 0 Å². The normalized spacial score (nSPS) is 11.8. The summed E-state index contributed by atoms with van der Waals surface area (Å²) in [6, 6.07) is 1.02. The van der Waals surface area contributed by atoms with Gasteiger partial charge in [-0.15, -0.1) is 0 Å². The predicted molar refractivity (Wildman–Crippen MR) is 38.2 cm³/mol. The third kappa shape index (κ3) is 2.92. The molecule has 1 aromatic rings. The molecule has 0 aromatic carbocycles. The molecule has 0 saturated carbocycles. The molecule has 0 N–H and O–H groups in total. The van der Waals surface area contributed by atoms with Crippen LogP contribution in [-0.4, -0.2) is 13.7 Å². The first-order chi connectivity index (χ1) is 5.11. The Morgan fingerprint density at radius 1 is 1.58 bits per heavy atom. The minimum atomic E-state index is -2.37. The van der Waals surface area contributed by atoms with Gasteiger partial charge in [-0.2, -0.15) is 0 Å². The van der Waals surface area contributed by atoms with E-state index in [2.05, 4.69) is 0 Å². The topological polar surface area (TPSA) is 83.3 Å². The molecule has 0 saturated heterocycles. The van der Waals surface area contributed by atoms with E-state index in [1.807, 2.05) is 0 Å². The second-order valence-electron chi connectivity index (χ2n) is 1.61. The van der Waals surface area contributed by atoms with Crippen LogP contribution in [0.25, 0.3) is 0 Å². The molecule has 0 aliphatic heterocycles. The Morgan fingerprint density at radius 3 is 2.42 bits per heavy atom. The number of nitro groups is 1. The van der Waals surface area contributed by atoms with E-state index in [1.165, 1.54) is 5.38 Å². The Hall–Kier alpha value is 0.210. The summed E-state index contributed by atoms with van der Waals surface area (Å²) >= 11 is -1.57. The second-order valence-corrected chi connectivity index (χ2v) is 3.44. The standard InChI is InChI=1S/C4H3NO4S2.Na/c6-5(7)4-1-3(2-10-4)11(8)9;/h1-2H,(H,8,9);/q;+1/p-1. The molecule has 1 rings (SSSR count). The number of hydrogen-bond acceptors (Lipinski definition) is 5. The zero-order valence-corrected chi connectivity index (χ0v) is 9.68. The van der Waals surface area contributed by atoms with Crippen LogP contribution in [0.5, 0.6) is 0 Å². The average molecular weight is 215 g/mol. The monoisotopic (exact) mass is 215 g/mol. The summed E-state index contributed by atoms with van der Waals surface area (Å²) < 4.78 is 20.4. The fourth-order valence-electron chi connectivity index (χ4n) is 0.491. The molecule has 0 radical (unpaired) electrons. The van der Waals surface area contributed by atoms with Gasteiger partial charge in [0.15, 0.2) is 0 Å². The van der Waals surface area contributed by atoms with Crippen molar-refractivity contribution in [2.75, 3.05) is 0 Å². The third-order valence-electron chi connectivity index (χ3n) is 0.934. The van der Waals surface area contributed by atoms with Crippen LogP contribution >= 0.6 is 11.3 Å². The van der Waals surface area contributed by atoms with Gasteiger partial charge >= 0.3 is 34.6 Å². The van der Waals surface area contributed by atoms with Crippen molar-refractivity contribution >= 4 is 27.4 Å². The summed E-state index contributed by atoms with van der Waals surface area (Å²) in [5.74, 6) is 0. The van der Waals surface area contributed by atoms with E-state index in [0.29, 0.717) is 0 Å². The van der Waals surface area contributed by atoms with Crippen LogP contribution in [0, 0.1) is 10.1 Å². The van der Waals surface area contributed by atoms with Crippen LogP contribution in [0.3, 0.4) is 0 Å². The Bertz CT molecular complexity index is 283. The maximum absolute atomic E-state index is 10.2. The molecule has 1 heterocycles. The van der Waals surface area contributed by atoms with Gasteiger partial charge < -0.3 is 4.55 Å². The Balaban J connectivity index is 0.00000121. The molecule has 0 bridgehead atoms. The van der Waals surface area contributed by atoms with Crippen molar-refractivity contribution in [3.63, 3.8) is 0 Å². The molecule has 0 spiro atoms. The molecule has 5 nitrogen and oxygen atoms in total. The summed E-state index contributed by atoms with van der Waals surface area (Å²) in [6.07, 6.45) is 0. The predicted octanol–water partition coefficient (Wildman–Crippen LogP) is -2.10. The molecule has 60 valence electrons. The van der Waals surface area contributed by atoms with Gasteiger partial charge in [-0.25, -0.2) is 0 Å². The van der Waals surface area contributed by atoms with Crippen LogP contribution in [-0.2, 0) is 11.1 Å². The molecule has 8 heteroatoms. The van der Waals surface area contributed by atoms with Gasteiger partial charge in [-0.05, 0) is 11.1 Å². The SMILES string of the molecule is O=[N+]([O-])c1cc(S(=O)[O-])cs1.[Na+]. The molecule has 1 aromatic heterocycles. The maximum Gasteiger partial charge on any atom is 1.00 e. The maximum atomic E-state index is 10.2. The van der Waals surface area contributed by atoms with Crippen molar-refractivity contribution in [1.29, 1.82) is 0 Å². The molecule has 0 amide bonds. The van der Waals surface area contributed by atoms with Crippen LogP contribution < -0.4 is 29.6 Å². The van der Waals surface area contributed by atoms with E-state index < -0.39 is 16.0 Å². The van der Waals surface area contributed by atoms with Crippen LogP contribution in [0.1, 0.15) is 0 Å². The Kier molecular flexibility index (Phi) is 5.14. The van der Waals surface area contributed by atoms with Gasteiger partial charge in [0, 0.05) is 16.3 Å². The van der Waals surface area contributed by atoms with Gasteiger partial charge in [0.1, 0.15) is 0 Å². The average Bonchev–Trinajstić information content (AvgIpc) is 2.33. The van der Waals surface area contributed by atoms with Crippen LogP contribution in [0.2, 0.25) is 0 Å². The summed E-state index contributed by atoms with van der Waals surface area (Å²) in [4.78, 5) is 9.39. The molecule has 0 aliphatic rings. The Labute approximate surface area is 96.5 Å². The molecule has 0 fully saturated rings. The molecular formula is C4H2NNaO4S2. The molecule has 12 heavy (non-hydrogen) atoms. The fourth-order valence-corrected chi connectivity index (χ4v) is 1.82. The second kappa shape index (κ2) is 5.05. The van der Waals surface area contributed by atoms with E-state index >= 15 is 0 Å². The van der Waals surface area contributed by atoms with E-state index in [9.17, 15) is 18.9 Å². The van der Waals surface area contributed by atoms with E-state index in [4.69, 9.17) is 0 Å². The first-order valence-corrected chi connectivity index (χ1v) is 4.39. The number of thiophene rings is 1. The first kappa shape index (κ1) is 12.2. The largest absolute Gasteiger partial charge is 1.00 e. The van der Waals surface area contributed by atoms with E-state index in [-0.39, 0.29) is 39.5 Å². The zero-order chi connectivity index (χ0) is 8.43. The van der Waals surface area contributed by atoms with Crippen molar-refractivity contribution in [2.45, 2.75) is 4.90 Å². The minimum absolute atomic E-state index is 0. The summed E-state index contributed by atoms with van der Waals surface area (Å²) in [6.45, 7) is 0. The van der Waals surface area contributed by atoms with E-state index in [1.54, 1.807) is 0 Å². The van der Waals surface area contributed by atoms with Gasteiger partial charge in [-0.3, -0.25) is 14.3 Å². The summed E-state index contributed by atoms with van der Waals surface area (Å²) in [7, 11) is 0. The van der Waals surface area contributed by atoms with E-state index in [0.717, 1.165) is 17.4 Å². The molecular weight excluding hydrogens is 213 g/mol. The fraction of sp³-hybridized carbons (Fsp3) is 0. The smallest absolute Gasteiger partial charge is 0.768 e. The van der Waals surface area contributed by atoms with Crippen molar-refractivity contribution in [3.05, 3.63) is 21.6 Å². The van der Waals surface area contributed by atoms with Gasteiger partial charge in [-0.1, -0.05) is 11.3 Å². The Morgan fingerprint density at radius 2 is 2.17 bits per heavy atom. The summed E-state index contributed by atoms with van der Waals surface area (Å²) in [5, 5.41) is 11.1. The third-order valence-corrected chi connectivity index (χ3v) is 2.58.